The molecule has 0 aromatic carbocycles. The SMILES string of the molecule is CC(OC1CNC1)C(=O)NCc1ccco1. The zero-order valence-electron chi connectivity index (χ0n) is 9.23. The van der Waals surface area contributed by atoms with Crippen molar-refractivity contribution >= 4 is 5.91 Å². The first-order valence-electron chi connectivity index (χ1n) is 5.42. The molecule has 1 fully saturated rings. The van der Waals surface area contributed by atoms with Gasteiger partial charge in [-0.3, -0.25) is 4.79 Å². The van der Waals surface area contributed by atoms with Crippen molar-refractivity contribution in [3.05, 3.63) is 24.2 Å². The van der Waals surface area contributed by atoms with Crippen LogP contribution in [0.5, 0.6) is 0 Å². The maximum Gasteiger partial charge on any atom is 0.249 e. The van der Waals surface area contributed by atoms with Gasteiger partial charge >= 0.3 is 0 Å². The van der Waals surface area contributed by atoms with Crippen LogP contribution in [-0.2, 0) is 16.1 Å². The van der Waals surface area contributed by atoms with Gasteiger partial charge in [-0.05, 0) is 19.1 Å². The van der Waals surface area contributed by atoms with Crippen LogP contribution in [-0.4, -0.2) is 31.2 Å². The molecule has 2 rings (SSSR count). The molecule has 0 spiro atoms. The first-order chi connectivity index (χ1) is 7.75. The molecule has 1 saturated heterocycles. The molecule has 1 amide bonds. The van der Waals surface area contributed by atoms with Gasteiger partial charge in [-0.25, -0.2) is 0 Å². The highest BCUT2D eigenvalue weighted by Gasteiger charge is 2.23. The van der Waals surface area contributed by atoms with E-state index in [9.17, 15) is 4.79 Å². The minimum Gasteiger partial charge on any atom is -0.467 e. The molecular weight excluding hydrogens is 208 g/mol. The van der Waals surface area contributed by atoms with Crippen molar-refractivity contribution in [2.45, 2.75) is 25.7 Å². The molecule has 1 aliphatic rings. The minimum absolute atomic E-state index is 0.108. The Labute approximate surface area is 94.1 Å². The molecule has 5 nitrogen and oxygen atoms in total. The maximum absolute atomic E-state index is 11.6. The molecule has 5 heteroatoms. The van der Waals surface area contributed by atoms with E-state index in [-0.39, 0.29) is 12.0 Å². The molecule has 1 aromatic rings. The quantitative estimate of drug-likeness (QED) is 0.753. The lowest BCUT2D eigenvalue weighted by Gasteiger charge is -2.29. The fraction of sp³-hybridized carbons (Fsp3) is 0.545. The van der Waals surface area contributed by atoms with Crippen molar-refractivity contribution in [2.24, 2.45) is 0 Å². The van der Waals surface area contributed by atoms with Gasteiger partial charge in [0.2, 0.25) is 5.91 Å². The molecule has 0 aliphatic carbocycles. The summed E-state index contributed by atoms with van der Waals surface area (Å²) in [5.41, 5.74) is 0. The molecule has 2 N–H and O–H groups in total. The van der Waals surface area contributed by atoms with Crippen LogP contribution in [0.15, 0.2) is 22.8 Å². The molecule has 88 valence electrons. The highest BCUT2D eigenvalue weighted by Crippen LogP contribution is 2.04. The van der Waals surface area contributed by atoms with Crippen LogP contribution in [0.25, 0.3) is 0 Å². The zero-order chi connectivity index (χ0) is 11.4. The standard InChI is InChI=1S/C11H16N2O3/c1-8(16-10-5-12-6-10)11(14)13-7-9-3-2-4-15-9/h2-4,8,10,12H,5-7H2,1H3,(H,13,14). The van der Waals surface area contributed by atoms with Gasteiger partial charge in [-0.2, -0.15) is 0 Å². The van der Waals surface area contributed by atoms with Crippen LogP contribution in [0.3, 0.4) is 0 Å². The van der Waals surface area contributed by atoms with Crippen molar-refractivity contribution in [2.75, 3.05) is 13.1 Å². The summed E-state index contributed by atoms with van der Waals surface area (Å²) in [6, 6.07) is 3.61. The van der Waals surface area contributed by atoms with E-state index in [1.165, 1.54) is 0 Å². The number of ether oxygens (including phenoxy) is 1. The maximum atomic E-state index is 11.6. The van der Waals surface area contributed by atoms with Gasteiger partial charge in [0.25, 0.3) is 0 Å². The van der Waals surface area contributed by atoms with E-state index in [0.717, 1.165) is 18.8 Å². The minimum atomic E-state index is -0.415. The second-order valence-corrected chi connectivity index (χ2v) is 3.86. The predicted octanol–water partition coefficient (Wildman–Crippen LogP) is 0.273. The Balaban J connectivity index is 1.70. The van der Waals surface area contributed by atoms with Crippen LogP contribution < -0.4 is 10.6 Å². The predicted molar refractivity (Wildman–Crippen MR) is 57.8 cm³/mol. The normalized spacial score (nSPS) is 17.8. The lowest BCUT2D eigenvalue weighted by atomic mass is 10.2. The molecule has 2 heterocycles. The van der Waals surface area contributed by atoms with Crippen molar-refractivity contribution < 1.29 is 13.9 Å². The summed E-state index contributed by atoms with van der Waals surface area (Å²) in [4.78, 5) is 11.6. The Morgan fingerprint density at radius 1 is 1.75 bits per heavy atom. The largest absolute Gasteiger partial charge is 0.467 e. The number of rotatable bonds is 5. The van der Waals surface area contributed by atoms with Gasteiger partial charge in [0.05, 0.1) is 18.9 Å². The molecule has 16 heavy (non-hydrogen) atoms. The van der Waals surface area contributed by atoms with E-state index in [0.29, 0.717) is 6.54 Å². The van der Waals surface area contributed by atoms with Crippen LogP contribution in [0, 0.1) is 0 Å². The van der Waals surface area contributed by atoms with Crippen molar-refractivity contribution in [3.63, 3.8) is 0 Å². The Bertz CT molecular complexity index is 333. The summed E-state index contributed by atoms with van der Waals surface area (Å²) in [5.74, 6) is 0.633. The Morgan fingerprint density at radius 2 is 2.56 bits per heavy atom. The van der Waals surface area contributed by atoms with Gasteiger partial charge in [0.15, 0.2) is 0 Å². The van der Waals surface area contributed by atoms with E-state index in [1.54, 1.807) is 19.3 Å². The number of nitrogens with one attached hydrogen (secondary N) is 2. The topological polar surface area (TPSA) is 63.5 Å². The van der Waals surface area contributed by atoms with Gasteiger partial charge in [0.1, 0.15) is 11.9 Å². The molecule has 0 saturated carbocycles. The van der Waals surface area contributed by atoms with Crippen LogP contribution in [0.1, 0.15) is 12.7 Å². The van der Waals surface area contributed by atoms with Crippen molar-refractivity contribution in [3.8, 4) is 0 Å². The Kier molecular flexibility index (Phi) is 3.58. The van der Waals surface area contributed by atoms with Crippen molar-refractivity contribution in [1.82, 2.24) is 10.6 Å². The fourth-order valence-electron chi connectivity index (χ4n) is 1.44. The third-order valence-corrected chi connectivity index (χ3v) is 2.53. The van der Waals surface area contributed by atoms with E-state index in [2.05, 4.69) is 10.6 Å². The Hall–Kier alpha value is -1.33. The summed E-state index contributed by atoms with van der Waals surface area (Å²) in [7, 11) is 0. The first-order valence-corrected chi connectivity index (χ1v) is 5.42. The summed E-state index contributed by atoms with van der Waals surface area (Å²) in [5, 5.41) is 5.85. The van der Waals surface area contributed by atoms with Crippen LogP contribution >= 0.6 is 0 Å². The summed E-state index contributed by atoms with van der Waals surface area (Å²) >= 11 is 0. The molecule has 0 bridgehead atoms. The van der Waals surface area contributed by atoms with Gasteiger partial charge in [0, 0.05) is 13.1 Å². The highest BCUT2D eigenvalue weighted by atomic mass is 16.5. The highest BCUT2D eigenvalue weighted by molar-refractivity contribution is 5.80. The number of carbonyl (C=O) groups excluding carboxylic acids is 1. The lowest BCUT2D eigenvalue weighted by Crippen LogP contribution is -2.51. The number of hydrogen-bond acceptors (Lipinski definition) is 4. The lowest BCUT2D eigenvalue weighted by molar-refractivity contribution is -0.137. The van der Waals surface area contributed by atoms with E-state index < -0.39 is 6.10 Å². The molecule has 0 radical (unpaired) electrons. The monoisotopic (exact) mass is 224 g/mol. The third kappa shape index (κ3) is 2.84. The number of hydrogen-bond donors (Lipinski definition) is 2. The van der Waals surface area contributed by atoms with E-state index in [4.69, 9.17) is 9.15 Å². The summed E-state index contributed by atoms with van der Waals surface area (Å²) in [6.07, 6.45) is 1.34. The van der Waals surface area contributed by atoms with Gasteiger partial charge < -0.3 is 19.8 Å². The molecule has 1 unspecified atom stereocenters. The molecule has 1 aliphatic heterocycles. The second kappa shape index (κ2) is 5.14. The van der Waals surface area contributed by atoms with Gasteiger partial charge in [-0.1, -0.05) is 0 Å². The van der Waals surface area contributed by atoms with Crippen LogP contribution in [0.4, 0.5) is 0 Å². The fourth-order valence-corrected chi connectivity index (χ4v) is 1.44. The first kappa shape index (κ1) is 11.2. The number of furan rings is 1. The summed E-state index contributed by atoms with van der Waals surface area (Å²) < 4.78 is 10.6. The number of carbonyl (C=O) groups is 1. The third-order valence-electron chi connectivity index (χ3n) is 2.53. The Morgan fingerprint density at radius 3 is 3.12 bits per heavy atom. The average molecular weight is 224 g/mol. The second-order valence-electron chi connectivity index (χ2n) is 3.86. The molecule has 1 aromatic heterocycles. The van der Waals surface area contributed by atoms with E-state index >= 15 is 0 Å². The van der Waals surface area contributed by atoms with E-state index in [1.807, 2.05) is 6.07 Å². The molecule has 1 atom stereocenters. The molecular formula is C11H16N2O3. The van der Waals surface area contributed by atoms with Crippen LogP contribution in [0.2, 0.25) is 0 Å². The van der Waals surface area contributed by atoms with Crippen molar-refractivity contribution in [1.29, 1.82) is 0 Å². The average Bonchev–Trinajstić information content (AvgIpc) is 2.72. The number of amides is 1. The smallest absolute Gasteiger partial charge is 0.249 e. The summed E-state index contributed by atoms with van der Waals surface area (Å²) in [6.45, 7) is 3.82. The zero-order valence-corrected chi connectivity index (χ0v) is 9.23. The van der Waals surface area contributed by atoms with Gasteiger partial charge in [-0.15, -0.1) is 0 Å².